The fraction of sp³-hybridized carbons (Fsp3) is 0.400. The van der Waals surface area contributed by atoms with Crippen molar-refractivity contribution in [2.45, 2.75) is 47.0 Å². The Hall–Kier alpha value is -3.16. The smallest absolute Gasteiger partial charge is 0.325 e. The molecule has 150 valence electrons. The largest absolute Gasteiger partial charge is 0.456 e. The molecule has 28 heavy (non-hydrogen) atoms. The Morgan fingerprint density at radius 3 is 2.54 bits per heavy atom. The lowest BCUT2D eigenvalue weighted by molar-refractivity contribution is -0.148. The van der Waals surface area contributed by atoms with Crippen molar-refractivity contribution in [3.05, 3.63) is 46.3 Å². The number of anilines is 1. The Morgan fingerprint density at radius 2 is 1.89 bits per heavy atom. The molecular formula is C20H26N4O4. The third kappa shape index (κ3) is 5.42. The number of carbonyl (C=O) groups excluding carboxylic acids is 3. The quantitative estimate of drug-likeness (QED) is 0.661. The molecule has 3 N–H and O–H groups in total. The summed E-state index contributed by atoms with van der Waals surface area (Å²) in [6.07, 6.45) is 0.114. The van der Waals surface area contributed by atoms with Gasteiger partial charge in [0.2, 0.25) is 0 Å². The summed E-state index contributed by atoms with van der Waals surface area (Å²) in [6.45, 7) is 8.93. The topological polar surface area (TPSA) is 113 Å². The Labute approximate surface area is 164 Å². The first-order valence-electron chi connectivity index (χ1n) is 9.03. The van der Waals surface area contributed by atoms with Crippen LogP contribution in [0.1, 0.15) is 47.3 Å². The number of H-pyrrole nitrogens is 1. The van der Waals surface area contributed by atoms with Crippen LogP contribution in [0.5, 0.6) is 0 Å². The highest BCUT2D eigenvalue weighted by Gasteiger charge is 2.19. The highest BCUT2D eigenvalue weighted by molar-refractivity contribution is 6.02. The average molecular weight is 386 g/mol. The number of amides is 3. The molecule has 2 aromatic rings. The van der Waals surface area contributed by atoms with Gasteiger partial charge in [-0.25, -0.2) is 4.79 Å². The molecule has 2 rings (SSSR count). The fourth-order valence-electron chi connectivity index (χ4n) is 3.05. The van der Waals surface area contributed by atoms with Crippen LogP contribution >= 0.6 is 0 Å². The molecule has 0 aliphatic heterocycles. The number of urea groups is 1. The normalized spacial score (nSPS) is 11.6. The number of carbonyl (C=O) groups is 3. The average Bonchev–Trinajstić information content (AvgIpc) is 2.95. The molecule has 3 amide bonds. The van der Waals surface area contributed by atoms with Gasteiger partial charge in [-0.3, -0.25) is 20.0 Å². The molecule has 0 saturated carbocycles. The SMILES string of the molecule is Cc1cccc(NC(=O)NC(=O)COC(=O)CC(C)c2c(C)n[nH]c2C)c1C. The minimum Gasteiger partial charge on any atom is -0.456 e. The number of rotatable bonds is 6. The van der Waals surface area contributed by atoms with Crippen molar-refractivity contribution in [1.82, 2.24) is 15.5 Å². The number of esters is 1. The van der Waals surface area contributed by atoms with Gasteiger partial charge in [0.15, 0.2) is 6.61 Å². The Balaban J connectivity index is 1.79. The molecule has 1 heterocycles. The van der Waals surface area contributed by atoms with Gasteiger partial charge >= 0.3 is 12.0 Å². The summed E-state index contributed by atoms with van der Waals surface area (Å²) in [6, 6.07) is 4.81. The van der Waals surface area contributed by atoms with E-state index in [1.807, 2.05) is 46.8 Å². The second-order valence-corrected chi connectivity index (χ2v) is 6.86. The standard InChI is InChI=1S/C20H26N4O4/c1-11-7-6-8-16(13(11)3)21-20(27)22-17(25)10-28-18(26)9-12(2)19-14(4)23-24-15(19)5/h6-8,12H,9-10H2,1-5H3,(H,23,24)(H2,21,22,25,27). The van der Waals surface area contributed by atoms with Crippen molar-refractivity contribution in [1.29, 1.82) is 0 Å². The van der Waals surface area contributed by atoms with E-state index in [1.165, 1.54) is 0 Å². The Morgan fingerprint density at radius 1 is 1.18 bits per heavy atom. The van der Waals surface area contributed by atoms with E-state index >= 15 is 0 Å². The third-order valence-electron chi connectivity index (χ3n) is 4.62. The predicted octanol–water partition coefficient (Wildman–Crippen LogP) is 3.03. The minimum atomic E-state index is -0.695. The summed E-state index contributed by atoms with van der Waals surface area (Å²) >= 11 is 0. The summed E-state index contributed by atoms with van der Waals surface area (Å²) in [5.74, 6) is -1.31. The van der Waals surface area contributed by atoms with Crippen LogP contribution in [-0.2, 0) is 14.3 Å². The maximum Gasteiger partial charge on any atom is 0.325 e. The molecule has 0 fully saturated rings. The van der Waals surface area contributed by atoms with Gasteiger partial charge in [-0.15, -0.1) is 0 Å². The van der Waals surface area contributed by atoms with Crippen LogP contribution in [0.4, 0.5) is 10.5 Å². The highest BCUT2D eigenvalue weighted by Crippen LogP contribution is 2.24. The lowest BCUT2D eigenvalue weighted by Crippen LogP contribution is -2.37. The maximum atomic E-state index is 12.0. The van der Waals surface area contributed by atoms with E-state index in [4.69, 9.17) is 4.74 Å². The van der Waals surface area contributed by atoms with Gasteiger partial charge < -0.3 is 10.1 Å². The first-order chi connectivity index (χ1) is 13.2. The molecule has 0 spiro atoms. The zero-order chi connectivity index (χ0) is 20.8. The van der Waals surface area contributed by atoms with Gasteiger partial charge in [0, 0.05) is 11.4 Å². The van der Waals surface area contributed by atoms with Crippen molar-refractivity contribution in [3.63, 3.8) is 0 Å². The van der Waals surface area contributed by atoms with Crippen LogP contribution in [0.2, 0.25) is 0 Å². The monoisotopic (exact) mass is 386 g/mol. The number of ether oxygens (including phenoxy) is 1. The lowest BCUT2D eigenvalue weighted by atomic mass is 9.96. The predicted molar refractivity (Wildman–Crippen MR) is 105 cm³/mol. The number of aryl methyl sites for hydroxylation is 3. The van der Waals surface area contributed by atoms with E-state index in [-0.39, 0.29) is 12.3 Å². The molecular weight excluding hydrogens is 360 g/mol. The van der Waals surface area contributed by atoms with Crippen molar-refractivity contribution in [2.75, 3.05) is 11.9 Å². The Bertz CT molecular complexity index is 869. The van der Waals surface area contributed by atoms with Crippen LogP contribution in [0.25, 0.3) is 0 Å². The molecule has 0 saturated heterocycles. The number of benzene rings is 1. The molecule has 0 bridgehead atoms. The Kier molecular flexibility index (Phi) is 6.92. The van der Waals surface area contributed by atoms with Crippen molar-refractivity contribution >= 4 is 23.6 Å². The molecule has 8 nitrogen and oxygen atoms in total. The second kappa shape index (κ2) is 9.16. The van der Waals surface area contributed by atoms with E-state index in [2.05, 4.69) is 20.8 Å². The van der Waals surface area contributed by atoms with Gasteiger partial charge in [0.25, 0.3) is 5.91 Å². The number of nitrogens with zero attached hydrogens (tertiary/aromatic N) is 1. The van der Waals surface area contributed by atoms with E-state index in [9.17, 15) is 14.4 Å². The molecule has 0 radical (unpaired) electrons. The molecule has 0 aliphatic rings. The van der Waals surface area contributed by atoms with E-state index in [0.717, 1.165) is 28.1 Å². The number of nitrogens with one attached hydrogen (secondary N) is 3. The van der Waals surface area contributed by atoms with Crippen LogP contribution in [0.15, 0.2) is 18.2 Å². The zero-order valence-electron chi connectivity index (χ0n) is 16.8. The maximum absolute atomic E-state index is 12.0. The van der Waals surface area contributed by atoms with Crippen LogP contribution in [-0.4, -0.2) is 34.7 Å². The summed E-state index contributed by atoms with van der Waals surface area (Å²) in [7, 11) is 0. The number of aromatic amines is 1. The van der Waals surface area contributed by atoms with Gasteiger partial charge in [0.05, 0.1) is 12.1 Å². The molecule has 1 aromatic heterocycles. The highest BCUT2D eigenvalue weighted by atomic mass is 16.5. The summed E-state index contributed by atoms with van der Waals surface area (Å²) in [4.78, 5) is 35.8. The van der Waals surface area contributed by atoms with Crippen molar-refractivity contribution in [3.8, 4) is 0 Å². The molecule has 1 aromatic carbocycles. The molecule has 0 aliphatic carbocycles. The summed E-state index contributed by atoms with van der Waals surface area (Å²) < 4.78 is 4.98. The summed E-state index contributed by atoms with van der Waals surface area (Å²) in [5, 5.41) is 11.8. The van der Waals surface area contributed by atoms with Crippen molar-refractivity contribution in [2.24, 2.45) is 0 Å². The molecule has 1 unspecified atom stereocenters. The van der Waals surface area contributed by atoms with Gasteiger partial charge in [-0.2, -0.15) is 5.10 Å². The lowest BCUT2D eigenvalue weighted by Gasteiger charge is -2.12. The van der Waals surface area contributed by atoms with Gasteiger partial charge in [0.1, 0.15) is 0 Å². The molecule has 8 heteroatoms. The second-order valence-electron chi connectivity index (χ2n) is 6.86. The number of hydrogen-bond donors (Lipinski definition) is 3. The number of aromatic nitrogens is 2. The van der Waals surface area contributed by atoms with Gasteiger partial charge in [-0.1, -0.05) is 19.1 Å². The van der Waals surface area contributed by atoms with E-state index in [0.29, 0.717) is 5.69 Å². The van der Waals surface area contributed by atoms with Gasteiger partial charge in [-0.05, 0) is 56.4 Å². The van der Waals surface area contributed by atoms with Crippen LogP contribution in [0.3, 0.4) is 0 Å². The van der Waals surface area contributed by atoms with Crippen LogP contribution in [0, 0.1) is 27.7 Å². The third-order valence-corrected chi connectivity index (χ3v) is 4.62. The summed E-state index contributed by atoms with van der Waals surface area (Å²) in [5.41, 5.74) is 5.25. The zero-order valence-corrected chi connectivity index (χ0v) is 16.8. The number of imide groups is 1. The fourth-order valence-corrected chi connectivity index (χ4v) is 3.05. The minimum absolute atomic E-state index is 0.0955. The van der Waals surface area contributed by atoms with E-state index in [1.54, 1.807) is 6.07 Å². The first-order valence-corrected chi connectivity index (χ1v) is 9.03. The first kappa shape index (κ1) is 21.1. The molecule has 1 atom stereocenters. The van der Waals surface area contributed by atoms with Crippen molar-refractivity contribution < 1.29 is 19.1 Å². The van der Waals surface area contributed by atoms with Crippen LogP contribution < -0.4 is 10.6 Å². The number of hydrogen-bond acceptors (Lipinski definition) is 5. The van der Waals surface area contributed by atoms with E-state index < -0.39 is 24.5 Å².